The molecular formula is C29H38NO2PSi. The summed E-state index contributed by atoms with van der Waals surface area (Å²) in [7, 11) is -0.617. The third-order valence-corrected chi connectivity index (χ3v) is 13.3. The van der Waals surface area contributed by atoms with Crippen LogP contribution in [0.1, 0.15) is 26.7 Å². The van der Waals surface area contributed by atoms with Crippen LogP contribution in [0, 0.1) is 0 Å². The predicted octanol–water partition coefficient (Wildman–Crippen LogP) is 6.05. The van der Waals surface area contributed by atoms with Crippen molar-refractivity contribution < 1.29 is 9.16 Å². The Bertz CT molecular complexity index is 1020. The molecule has 0 N–H and O–H groups in total. The summed E-state index contributed by atoms with van der Waals surface area (Å²) >= 11 is 0. The van der Waals surface area contributed by atoms with Crippen molar-refractivity contribution in [3.05, 3.63) is 78.9 Å². The smallest absolute Gasteiger partial charge is 0.189 e. The number of para-hydroxylation sites is 1. The monoisotopic (exact) mass is 491 g/mol. The number of hydrogen-bond donors (Lipinski definition) is 0. The van der Waals surface area contributed by atoms with E-state index in [1.807, 2.05) is 0 Å². The first kappa shape index (κ1) is 25.0. The molecule has 0 unspecified atom stereocenters. The van der Waals surface area contributed by atoms with Gasteiger partial charge in [0, 0.05) is 11.8 Å². The largest absolute Gasteiger partial charge is 0.495 e. The van der Waals surface area contributed by atoms with Gasteiger partial charge in [-0.15, -0.1) is 0 Å². The molecule has 180 valence electrons. The van der Waals surface area contributed by atoms with Gasteiger partial charge >= 0.3 is 0 Å². The molecule has 1 atom stereocenters. The lowest BCUT2D eigenvalue weighted by Gasteiger charge is -2.35. The molecule has 0 bridgehead atoms. The van der Waals surface area contributed by atoms with Crippen molar-refractivity contribution in [3.63, 3.8) is 0 Å². The average Bonchev–Trinajstić information content (AvgIpc) is 3.32. The molecule has 0 aliphatic carbocycles. The first-order valence-corrected chi connectivity index (χ1v) is 16.7. The molecule has 3 aromatic rings. The van der Waals surface area contributed by atoms with Crippen molar-refractivity contribution >= 4 is 37.8 Å². The van der Waals surface area contributed by atoms with E-state index in [1.165, 1.54) is 28.0 Å². The first-order chi connectivity index (χ1) is 16.4. The zero-order chi connectivity index (χ0) is 24.1. The molecule has 3 nitrogen and oxygen atoms in total. The van der Waals surface area contributed by atoms with Crippen LogP contribution in [-0.4, -0.2) is 34.6 Å². The molecule has 4 rings (SSSR count). The molecule has 1 fully saturated rings. The molecule has 1 aliphatic rings. The molecule has 1 saturated heterocycles. The van der Waals surface area contributed by atoms with E-state index in [0.29, 0.717) is 11.6 Å². The van der Waals surface area contributed by atoms with Crippen LogP contribution in [-0.2, 0) is 4.43 Å². The van der Waals surface area contributed by atoms with Crippen molar-refractivity contribution in [3.8, 4) is 5.75 Å². The Hall–Kier alpha value is -2.13. The fourth-order valence-corrected chi connectivity index (χ4v) is 7.94. The average molecular weight is 492 g/mol. The maximum atomic E-state index is 6.63. The summed E-state index contributed by atoms with van der Waals surface area (Å²) in [5, 5.41) is 4.08. The summed E-state index contributed by atoms with van der Waals surface area (Å²) in [5.74, 6) is 0.962. The molecule has 34 heavy (non-hydrogen) atoms. The van der Waals surface area contributed by atoms with Crippen LogP contribution >= 0.6 is 7.92 Å². The van der Waals surface area contributed by atoms with Gasteiger partial charge in [-0.05, 0) is 56.1 Å². The highest BCUT2D eigenvalue weighted by Gasteiger charge is 2.34. The Morgan fingerprint density at radius 2 is 1.53 bits per heavy atom. The van der Waals surface area contributed by atoms with Gasteiger partial charge in [0.2, 0.25) is 0 Å². The minimum absolute atomic E-state index is 0.379. The van der Waals surface area contributed by atoms with Crippen LogP contribution < -0.4 is 25.6 Å². The van der Waals surface area contributed by atoms with E-state index < -0.39 is 16.2 Å². The summed E-state index contributed by atoms with van der Waals surface area (Å²) in [6, 6.07) is 28.8. The molecule has 1 aliphatic heterocycles. The van der Waals surface area contributed by atoms with Gasteiger partial charge in [0.05, 0.1) is 25.4 Å². The van der Waals surface area contributed by atoms with Gasteiger partial charge < -0.3 is 14.1 Å². The number of benzene rings is 3. The molecule has 0 spiro atoms. The van der Waals surface area contributed by atoms with Crippen LogP contribution in [0.4, 0.5) is 5.69 Å². The van der Waals surface area contributed by atoms with Crippen molar-refractivity contribution in [2.24, 2.45) is 0 Å². The second kappa shape index (κ2) is 11.1. The van der Waals surface area contributed by atoms with Crippen molar-refractivity contribution in [1.29, 1.82) is 0 Å². The summed E-state index contributed by atoms with van der Waals surface area (Å²) in [5.41, 5.74) is 1.85. The summed E-state index contributed by atoms with van der Waals surface area (Å²) in [4.78, 5) is 2.58. The maximum absolute atomic E-state index is 6.63. The van der Waals surface area contributed by atoms with Crippen molar-refractivity contribution in [1.82, 2.24) is 0 Å². The topological polar surface area (TPSA) is 21.7 Å². The Kier molecular flexibility index (Phi) is 8.13. The standard InChI is InChI=1S/C29H38NO2PSi/c1-23(2)34(4,5)32-22-24-14-13-21-30(24)29-27(31-3)19-12-20-28(29)33(25-15-8-6-9-16-25)26-17-10-7-11-18-26/h6-12,15-20,23-24H,13-14,21-22H2,1-5H3/t24-/m0/s1. The van der Waals surface area contributed by atoms with Crippen LogP contribution in [0.3, 0.4) is 0 Å². The fourth-order valence-electron chi connectivity index (χ4n) is 4.51. The van der Waals surface area contributed by atoms with E-state index in [4.69, 9.17) is 9.16 Å². The zero-order valence-corrected chi connectivity index (χ0v) is 23.1. The van der Waals surface area contributed by atoms with E-state index in [2.05, 4.69) is 111 Å². The third-order valence-electron chi connectivity index (χ3n) is 7.17. The SMILES string of the molecule is COc1cccc(P(c2ccccc2)c2ccccc2)c1N1CCC[C@H]1CO[Si](C)(C)C(C)C. The van der Waals surface area contributed by atoms with Crippen molar-refractivity contribution in [2.75, 3.05) is 25.2 Å². The van der Waals surface area contributed by atoms with Crippen LogP contribution in [0.25, 0.3) is 0 Å². The van der Waals surface area contributed by atoms with Gasteiger partial charge in [-0.1, -0.05) is 86.6 Å². The highest BCUT2D eigenvalue weighted by Crippen LogP contribution is 2.42. The Morgan fingerprint density at radius 3 is 2.09 bits per heavy atom. The minimum Gasteiger partial charge on any atom is -0.495 e. The number of anilines is 1. The highest BCUT2D eigenvalue weighted by atomic mass is 31.1. The summed E-state index contributed by atoms with van der Waals surface area (Å²) in [6.07, 6.45) is 2.35. The second-order valence-electron chi connectivity index (χ2n) is 9.89. The van der Waals surface area contributed by atoms with Gasteiger partial charge in [-0.25, -0.2) is 0 Å². The second-order valence-corrected chi connectivity index (χ2v) is 16.7. The number of hydrogen-bond acceptors (Lipinski definition) is 3. The highest BCUT2D eigenvalue weighted by molar-refractivity contribution is 7.80. The molecule has 1 heterocycles. The van der Waals surface area contributed by atoms with E-state index in [1.54, 1.807) is 7.11 Å². The maximum Gasteiger partial charge on any atom is 0.189 e. The number of rotatable bonds is 9. The molecule has 0 saturated carbocycles. The molecule has 3 aromatic carbocycles. The lowest BCUT2D eigenvalue weighted by molar-refractivity contribution is 0.273. The molecule has 0 amide bonds. The number of ether oxygens (including phenoxy) is 1. The van der Waals surface area contributed by atoms with Crippen LogP contribution in [0.5, 0.6) is 5.75 Å². The third kappa shape index (κ3) is 5.40. The Morgan fingerprint density at radius 1 is 0.912 bits per heavy atom. The molecular weight excluding hydrogens is 453 g/mol. The summed E-state index contributed by atoms with van der Waals surface area (Å²) in [6.45, 7) is 11.1. The van der Waals surface area contributed by atoms with E-state index in [0.717, 1.165) is 25.3 Å². The summed E-state index contributed by atoms with van der Waals surface area (Å²) < 4.78 is 12.6. The lowest BCUT2D eigenvalue weighted by Crippen LogP contribution is -2.42. The van der Waals surface area contributed by atoms with Gasteiger partial charge in [-0.2, -0.15) is 0 Å². The zero-order valence-electron chi connectivity index (χ0n) is 21.2. The molecule has 0 radical (unpaired) electrons. The minimum atomic E-state index is -1.70. The predicted molar refractivity (Wildman–Crippen MR) is 151 cm³/mol. The van der Waals surface area contributed by atoms with Crippen LogP contribution in [0.2, 0.25) is 18.6 Å². The lowest BCUT2D eigenvalue weighted by atomic mass is 10.2. The van der Waals surface area contributed by atoms with E-state index in [-0.39, 0.29) is 0 Å². The Labute approximate surface area is 208 Å². The fraction of sp³-hybridized carbons (Fsp3) is 0.379. The van der Waals surface area contributed by atoms with Gasteiger partial charge in [0.15, 0.2) is 8.32 Å². The van der Waals surface area contributed by atoms with Crippen LogP contribution in [0.15, 0.2) is 78.9 Å². The number of nitrogens with zero attached hydrogens (tertiary/aromatic N) is 1. The normalized spacial score (nSPS) is 16.4. The first-order valence-electron chi connectivity index (χ1n) is 12.4. The Balaban J connectivity index is 1.78. The number of methoxy groups -OCH3 is 1. The van der Waals surface area contributed by atoms with Gasteiger partial charge in [0.1, 0.15) is 5.75 Å². The van der Waals surface area contributed by atoms with E-state index in [9.17, 15) is 0 Å². The molecule has 0 aromatic heterocycles. The molecule has 5 heteroatoms. The van der Waals surface area contributed by atoms with Gasteiger partial charge in [-0.3, -0.25) is 0 Å². The van der Waals surface area contributed by atoms with Crippen molar-refractivity contribution in [2.45, 2.75) is 51.4 Å². The van der Waals surface area contributed by atoms with Gasteiger partial charge in [0.25, 0.3) is 0 Å². The van der Waals surface area contributed by atoms with E-state index >= 15 is 0 Å². The quantitative estimate of drug-likeness (QED) is 0.269.